The van der Waals surface area contributed by atoms with Crippen LogP contribution in [0.4, 0.5) is 13.2 Å². The van der Waals surface area contributed by atoms with Crippen LogP contribution >= 0.6 is 0 Å². The second kappa shape index (κ2) is 6.70. The highest BCUT2D eigenvalue weighted by molar-refractivity contribution is 5.73. The number of nitrogens with two attached hydrogens (primary N) is 1. The largest absolute Gasteiger partial charge is 0.480 e. The number of aliphatic carboxylic acids is 1. The van der Waals surface area contributed by atoms with Gasteiger partial charge in [-0.25, -0.2) is 0 Å². The zero-order valence-corrected chi connectivity index (χ0v) is 11.9. The number of hydrogen-bond acceptors (Lipinski definition) is 3. The molecular weight excluding hydrogens is 311 g/mol. The van der Waals surface area contributed by atoms with Gasteiger partial charge in [-0.2, -0.15) is 13.2 Å². The van der Waals surface area contributed by atoms with Gasteiger partial charge in [0.2, 0.25) is 0 Å². The number of halogens is 3. The third-order valence-corrected chi connectivity index (χ3v) is 3.07. The molecule has 0 bridgehead atoms. The SMILES string of the molecule is N[C@@H](Cc1cccc(Oc2cccc(C(F)(F)F)c2)c1)C(=O)O. The van der Waals surface area contributed by atoms with Crippen LogP contribution in [0.3, 0.4) is 0 Å². The van der Waals surface area contributed by atoms with Gasteiger partial charge >= 0.3 is 12.1 Å². The molecule has 0 amide bonds. The third-order valence-electron chi connectivity index (χ3n) is 3.07. The lowest BCUT2D eigenvalue weighted by atomic mass is 10.1. The van der Waals surface area contributed by atoms with Gasteiger partial charge in [0.25, 0.3) is 0 Å². The molecule has 0 aromatic heterocycles. The average molecular weight is 325 g/mol. The smallest absolute Gasteiger partial charge is 0.416 e. The van der Waals surface area contributed by atoms with Gasteiger partial charge in [0.05, 0.1) is 5.56 Å². The minimum absolute atomic E-state index is 0.0412. The number of carboxylic acids is 1. The first-order valence-electron chi connectivity index (χ1n) is 6.68. The van der Waals surface area contributed by atoms with Gasteiger partial charge in [0.15, 0.2) is 0 Å². The number of carboxylic acid groups (broad SMARTS) is 1. The maximum Gasteiger partial charge on any atom is 0.416 e. The summed E-state index contributed by atoms with van der Waals surface area (Å²) in [5.74, 6) is -0.784. The Balaban J connectivity index is 2.16. The van der Waals surface area contributed by atoms with Crippen LogP contribution in [-0.2, 0) is 17.4 Å². The van der Waals surface area contributed by atoms with Gasteiger partial charge in [-0.1, -0.05) is 18.2 Å². The fraction of sp³-hybridized carbons (Fsp3) is 0.188. The van der Waals surface area contributed by atoms with E-state index in [0.717, 1.165) is 12.1 Å². The molecular formula is C16H14F3NO3. The van der Waals surface area contributed by atoms with Crippen LogP contribution in [0.25, 0.3) is 0 Å². The number of ether oxygens (including phenoxy) is 1. The lowest BCUT2D eigenvalue weighted by molar-refractivity contribution is -0.139. The number of benzene rings is 2. The Labute approximate surface area is 130 Å². The summed E-state index contributed by atoms with van der Waals surface area (Å²) >= 11 is 0. The highest BCUT2D eigenvalue weighted by atomic mass is 19.4. The molecule has 7 heteroatoms. The molecule has 4 nitrogen and oxygen atoms in total. The van der Waals surface area contributed by atoms with Gasteiger partial charge in [0.1, 0.15) is 17.5 Å². The van der Waals surface area contributed by atoms with Gasteiger partial charge in [-0.15, -0.1) is 0 Å². The van der Waals surface area contributed by atoms with E-state index in [-0.39, 0.29) is 12.2 Å². The van der Waals surface area contributed by atoms with E-state index in [4.69, 9.17) is 15.6 Å². The van der Waals surface area contributed by atoms with Gasteiger partial charge < -0.3 is 15.6 Å². The molecule has 0 heterocycles. The van der Waals surface area contributed by atoms with Gasteiger partial charge in [0, 0.05) is 0 Å². The van der Waals surface area contributed by atoms with Crippen LogP contribution in [-0.4, -0.2) is 17.1 Å². The molecule has 2 aromatic rings. The van der Waals surface area contributed by atoms with E-state index in [9.17, 15) is 18.0 Å². The molecule has 0 fully saturated rings. The first kappa shape index (κ1) is 16.8. The van der Waals surface area contributed by atoms with Crippen molar-refractivity contribution in [1.82, 2.24) is 0 Å². The molecule has 0 aliphatic carbocycles. The van der Waals surface area contributed by atoms with E-state index in [2.05, 4.69) is 0 Å². The second-order valence-corrected chi connectivity index (χ2v) is 4.92. The molecule has 0 saturated carbocycles. The van der Waals surface area contributed by atoms with Crippen molar-refractivity contribution in [3.63, 3.8) is 0 Å². The van der Waals surface area contributed by atoms with Crippen LogP contribution in [0.1, 0.15) is 11.1 Å². The first-order valence-corrected chi connectivity index (χ1v) is 6.68. The molecule has 3 N–H and O–H groups in total. The van der Waals surface area contributed by atoms with E-state index in [1.165, 1.54) is 12.1 Å². The minimum atomic E-state index is -4.45. The predicted octanol–water partition coefficient (Wildman–Crippen LogP) is 3.45. The Bertz CT molecular complexity index is 701. The fourth-order valence-electron chi connectivity index (χ4n) is 1.95. The van der Waals surface area contributed by atoms with E-state index in [0.29, 0.717) is 11.3 Å². The second-order valence-electron chi connectivity index (χ2n) is 4.92. The molecule has 1 atom stereocenters. The van der Waals surface area contributed by atoms with Crippen molar-refractivity contribution in [2.45, 2.75) is 18.6 Å². The number of carbonyl (C=O) groups is 1. The van der Waals surface area contributed by atoms with E-state index in [1.54, 1.807) is 24.3 Å². The molecule has 0 saturated heterocycles. The molecule has 2 rings (SSSR count). The Morgan fingerprint density at radius 2 is 1.74 bits per heavy atom. The summed E-state index contributed by atoms with van der Waals surface area (Å²) in [7, 11) is 0. The lowest BCUT2D eigenvalue weighted by Gasteiger charge is -2.11. The summed E-state index contributed by atoms with van der Waals surface area (Å²) < 4.78 is 43.4. The van der Waals surface area contributed by atoms with Crippen molar-refractivity contribution in [2.24, 2.45) is 5.73 Å². The topological polar surface area (TPSA) is 72.5 Å². The Hall–Kier alpha value is -2.54. The quantitative estimate of drug-likeness (QED) is 0.883. The van der Waals surface area contributed by atoms with Crippen molar-refractivity contribution >= 4 is 5.97 Å². The van der Waals surface area contributed by atoms with E-state index >= 15 is 0 Å². The summed E-state index contributed by atoms with van der Waals surface area (Å²) in [5, 5.41) is 8.79. The Morgan fingerprint density at radius 3 is 2.35 bits per heavy atom. The highest BCUT2D eigenvalue weighted by Crippen LogP contribution is 2.32. The summed E-state index contributed by atoms with van der Waals surface area (Å²) in [6.45, 7) is 0. The number of alkyl halides is 3. The maximum absolute atomic E-state index is 12.7. The third kappa shape index (κ3) is 4.72. The average Bonchev–Trinajstić information content (AvgIpc) is 2.47. The normalized spacial score (nSPS) is 12.7. The van der Waals surface area contributed by atoms with Gasteiger partial charge in [-0.3, -0.25) is 4.79 Å². The van der Waals surface area contributed by atoms with Crippen molar-refractivity contribution in [1.29, 1.82) is 0 Å². The predicted molar refractivity (Wildman–Crippen MR) is 77.3 cm³/mol. The van der Waals surface area contributed by atoms with E-state index in [1.807, 2.05) is 0 Å². The van der Waals surface area contributed by atoms with Crippen molar-refractivity contribution in [3.8, 4) is 11.5 Å². The van der Waals surface area contributed by atoms with E-state index < -0.39 is 23.8 Å². The highest BCUT2D eigenvalue weighted by Gasteiger charge is 2.30. The van der Waals surface area contributed by atoms with Crippen LogP contribution in [0.5, 0.6) is 11.5 Å². The number of rotatable bonds is 5. The molecule has 0 unspecified atom stereocenters. The standard InChI is InChI=1S/C16H14F3NO3/c17-16(18,19)11-4-2-6-13(9-11)23-12-5-1-3-10(7-12)8-14(20)15(21)22/h1-7,9,14H,8,20H2,(H,21,22)/t14-/m0/s1. The monoisotopic (exact) mass is 325 g/mol. The molecule has 0 aliphatic rings. The zero-order chi connectivity index (χ0) is 17.0. The molecule has 122 valence electrons. The van der Waals surface area contributed by atoms with Crippen LogP contribution in [0.15, 0.2) is 48.5 Å². The molecule has 0 spiro atoms. The molecule has 0 radical (unpaired) electrons. The molecule has 0 aliphatic heterocycles. The molecule has 23 heavy (non-hydrogen) atoms. The summed E-state index contributed by atoms with van der Waals surface area (Å²) in [6.07, 6.45) is -4.36. The first-order chi connectivity index (χ1) is 10.8. The van der Waals surface area contributed by atoms with Crippen molar-refractivity contribution in [3.05, 3.63) is 59.7 Å². The van der Waals surface area contributed by atoms with Crippen molar-refractivity contribution in [2.75, 3.05) is 0 Å². The van der Waals surface area contributed by atoms with Gasteiger partial charge in [-0.05, 0) is 42.3 Å². The summed E-state index contributed by atoms with van der Waals surface area (Å²) in [4.78, 5) is 10.7. The lowest BCUT2D eigenvalue weighted by Crippen LogP contribution is -2.32. The Morgan fingerprint density at radius 1 is 1.13 bits per heavy atom. The zero-order valence-electron chi connectivity index (χ0n) is 11.9. The summed E-state index contributed by atoms with van der Waals surface area (Å²) in [6, 6.07) is 9.85. The maximum atomic E-state index is 12.7. The molecule has 2 aromatic carbocycles. The number of hydrogen-bond donors (Lipinski definition) is 2. The fourth-order valence-corrected chi connectivity index (χ4v) is 1.95. The van der Waals surface area contributed by atoms with Crippen LogP contribution in [0, 0.1) is 0 Å². The van der Waals surface area contributed by atoms with Crippen molar-refractivity contribution < 1.29 is 27.8 Å². The van der Waals surface area contributed by atoms with Crippen LogP contribution < -0.4 is 10.5 Å². The Kier molecular flexibility index (Phi) is 4.90. The summed E-state index contributed by atoms with van der Waals surface area (Å²) in [5.41, 5.74) is 5.26. The minimum Gasteiger partial charge on any atom is -0.480 e. The van der Waals surface area contributed by atoms with Crippen LogP contribution in [0.2, 0.25) is 0 Å².